The number of hydrogen-bond acceptors (Lipinski definition) is 4. The zero-order valence-corrected chi connectivity index (χ0v) is 14.9. The standard InChI is InChI=1S/C22H23N3O/c1-16-14-19(26)12-13-25(16)20-15-23-21(17-8-4-2-5-9-17)22(24-20)18-10-6-3-7-11-18/h2-11,15-16,19,26H,12-14H2,1H3/t16-,19?/m1/s1. The van der Waals surface area contributed by atoms with Crippen LogP contribution < -0.4 is 4.90 Å². The summed E-state index contributed by atoms with van der Waals surface area (Å²) >= 11 is 0. The lowest BCUT2D eigenvalue weighted by Gasteiger charge is -2.36. The van der Waals surface area contributed by atoms with E-state index in [2.05, 4.69) is 36.1 Å². The molecule has 1 N–H and O–H groups in total. The summed E-state index contributed by atoms with van der Waals surface area (Å²) in [6.45, 7) is 2.94. The van der Waals surface area contributed by atoms with Crippen molar-refractivity contribution >= 4 is 5.82 Å². The van der Waals surface area contributed by atoms with Gasteiger partial charge in [-0.2, -0.15) is 0 Å². The van der Waals surface area contributed by atoms with Crippen LogP contribution in [0.3, 0.4) is 0 Å². The molecule has 0 spiro atoms. The maximum absolute atomic E-state index is 9.91. The molecule has 1 saturated heterocycles. The van der Waals surface area contributed by atoms with E-state index in [1.807, 2.05) is 42.6 Å². The Morgan fingerprint density at radius 3 is 2.15 bits per heavy atom. The van der Waals surface area contributed by atoms with E-state index in [9.17, 15) is 5.11 Å². The van der Waals surface area contributed by atoms with E-state index in [1.54, 1.807) is 0 Å². The van der Waals surface area contributed by atoms with Gasteiger partial charge in [0.25, 0.3) is 0 Å². The Labute approximate surface area is 154 Å². The highest BCUT2D eigenvalue weighted by atomic mass is 16.3. The molecule has 1 aliphatic heterocycles. The molecular formula is C22H23N3O. The molecule has 0 bridgehead atoms. The fourth-order valence-corrected chi connectivity index (χ4v) is 3.61. The number of benzene rings is 2. The highest BCUT2D eigenvalue weighted by molar-refractivity contribution is 5.78. The summed E-state index contributed by atoms with van der Waals surface area (Å²) in [5, 5.41) is 9.91. The van der Waals surface area contributed by atoms with Gasteiger partial charge in [0.2, 0.25) is 0 Å². The zero-order valence-electron chi connectivity index (χ0n) is 14.9. The van der Waals surface area contributed by atoms with Crippen molar-refractivity contribution in [1.29, 1.82) is 0 Å². The predicted molar refractivity (Wildman–Crippen MR) is 105 cm³/mol. The molecule has 0 radical (unpaired) electrons. The molecule has 0 aliphatic carbocycles. The Balaban J connectivity index is 1.80. The molecule has 0 amide bonds. The molecule has 2 atom stereocenters. The first-order chi connectivity index (χ1) is 12.7. The van der Waals surface area contributed by atoms with Crippen LogP contribution in [0.2, 0.25) is 0 Å². The zero-order chi connectivity index (χ0) is 17.9. The highest BCUT2D eigenvalue weighted by Gasteiger charge is 2.26. The van der Waals surface area contributed by atoms with Crippen molar-refractivity contribution in [2.75, 3.05) is 11.4 Å². The van der Waals surface area contributed by atoms with Crippen LogP contribution in [0, 0.1) is 0 Å². The van der Waals surface area contributed by atoms with Gasteiger partial charge < -0.3 is 10.0 Å². The average molecular weight is 345 g/mol. The number of aliphatic hydroxyl groups is 1. The van der Waals surface area contributed by atoms with Crippen molar-refractivity contribution in [3.8, 4) is 22.5 Å². The quantitative estimate of drug-likeness (QED) is 0.774. The second-order valence-electron chi connectivity index (χ2n) is 6.88. The minimum atomic E-state index is -0.216. The summed E-state index contributed by atoms with van der Waals surface area (Å²) in [6.07, 6.45) is 3.19. The third kappa shape index (κ3) is 3.33. The smallest absolute Gasteiger partial charge is 0.148 e. The molecule has 3 aromatic rings. The van der Waals surface area contributed by atoms with Crippen molar-refractivity contribution in [2.24, 2.45) is 0 Å². The Hall–Kier alpha value is -2.72. The SMILES string of the molecule is C[C@@H]1CC(O)CCN1c1cnc(-c2ccccc2)c(-c2ccccc2)n1. The molecule has 1 fully saturated rings. The molecule has 0 saturated carbocycles. The Kier molecular flexibility index (Phi) is 4.67. The Morgan fingerprint density at radius 1 is 0.923 bits per heavy atom. The molecule has 4 rings (SSSR count). The molecule has 4 heteroatoms. The van der Waals surface area contributed by atoms with Crippen LogP contribution in [0.5, 0.6) is 0 Å². The fraction of sp³-hybridized carbons (Fsp3) is 0.273. The van der Waals surface area contributed by atoms with Crippen molar-refractivity contribution in [1.82, 2.24) is 9.97 Å². The predicted octanol–water partition coefficient (Wildman–Crippen LogP) is 4.16. The van der Waals surface area contributed by atoms with Gasteiger partial charge >= 0.3 is 0 Å². The number of piperidine rings is 1. The minimum absolute atomic E-state index is 0.216. The number of aromatic nitrogens is 2. The van der Waals surface area contributed by atoms with Crippen molar-refractivity contribution in [3.63, 3.8) is 0 Å². The third-order valence-electron chi connectivity index (χ3n) is 5.00. The van der Waals surface area contributed by atoms with Gasteiger partial charge in [0.15, 0.2) is 0 Å². The summed E-state index contributed by atoms with van der Waals surface area (Å²) < 4.78 is 0. The van der Waals surface area contributed by atoms with Crippen LogP contribution >= 0.6 is 0 Å². The van der Waals surface area contributed by atoms with Crippen LogP contribution in [0.25, 0.3) is 22.5 Å². The van der Waals surface area contributed by atoms with Gasteiger partial charge in [-0.3, -0.25) is 4.98 Å². The molecule has 1 aliphatic rings. The Bertz CT molecular complexity index is 867. The second-order valence-corrected chi connectivity index (χ2v) is 6.88. The van der Waals surface area contributed by atoms with Crippen LogP contribution in [-0.2, 0) is 0 Å². The van der Waals surface area contributed by atoms with Crippen LogP contribution in [-0.4, -0.2) is 33.8 Å². The number of aliphatic hydroxyl groups excluding tert-OH is 1. The van der Waals surface area contributed by atoms with E-state index in [0.717, 1.165) is 47.7 Å². The topological polar surface area (TPSA) is 49.2 Å². The number of nitrogens with zero attached hydrogens (tertiary/aromatic N) is 3. The fourth-order valence-electron chi connectivity index (χ4n) is 3.61. The van der Waals surface area contributed by atoms with Gasteiger partial charge in [-0.15, -0.1) is 0 Å². The summed E-state index contributed by atoms with van der Waals surface area (Å²) in [5.74, 6) is 0.878. The lowest BCUT2D eigenvalue weighted by atomic mass is 10.0. The second kappa shape index (κ2) is 7.26. The molecule has 2 heterocycles. The largest absolute Gasteiger partial charge is 0.393 e. The van der Waals surface area contributed by atoms with E-state index < -0.39 is 0 Å². The molecule has 132 valence electrons. The van der Waals surface area contributed by atoms with Gasteiger partial charge in [0, 0.05) is 23.7 Å². The van der Waals surface area contributed by atoms with Gasteiger partial charge in [0.05, 0.1) is 23.7 Å². The van der Waals surface area contributed by atoms with Crippen LogP contribution in [0.15, 0.2) is 66.9 Å². The molecular weight excluding hydrogens is 322 g/mol. The first kappa shape index (κ1) is 16.7. The maximum Gasteiger partial charge on any atom is 0.148 e. The molecule has 1 unspecified atom stereocenters. The van der Waals surface area contributed by atoms with Crippen molar-refractivity contribution < 1.29 is 5.11 Å². The van der Waals surface area contributed by atoms with Crippen LogP contribution in [0.4, 0.5) is 5.82 Å². The number of anilines is 1. The van der Waals surface area contributed by atoms with Crippen LogP contribution in [0.1, 0.15) is 19.8 Å². The first-order valence-electron chi connectivity index (χ1n) is 9.15. The summed E-state index contributed by atoms with van der Waals surface area (Å²) in [7, 11) is 0. The first-order valence-corrected chi connectivity index (χ1v) is 9.15. The van der Waals surface area contributed by atoms with E-state index >= 15 is 0 Å². The summed E-state index contributed by atoms with van der Waals surface area (Å²) in [4.78, 5) is 12.0. The number of rotatable bonds is 3. The van der Waals surface area contributed by atoms with Gasteiger partial charge in [-0.25, -0.2) is 4.98 Å². The maximum atomic E-state index is 9.91. The van der Waals surface area contributed by atoms with Crippen molar-refractivity contribution in [2.45, 2.75) is 31.9 Å². The average Bonchev–Trinajstić information content (AvgIpc) is 2.69. The van der Waals surface area contributed by atoms with Gasteiger partial charge in [-0.1, -0.05) is 60.7 Å². The lowest BCUT2D eigenvalue weighted by Crippen LogP contribution is -2.43. The summed E-state index contributed by atoms with van der Waals surface area (Å²) in [6, 6.07) is 20.6. The molecule has 1 aromatic heterocycles. The monoisotopic (exact) mass is 345 g/mol. The minimum Gasteiger partial charge on any atom is -0.393 e. The van der Waals surface area contributed by atoms with E-state index in [1.165, 1.54) is 0 Å². The molecule has 26 heavy (non-hydrogen) atoms. The van der Waals surface area contributed by atoms with E-state index in [4.69, 9.17) is 9.97 Å². The van der Waals surface area contributed by atoms with Gasteiger partial charge in [-0.05, 0) is 19.8 Å². The van der Waals surface area contributed by atoms with E-state index in [0.29, 0.717) is 0 Å². The van der Waals surface area contributed by atoms with Crippen molar-refractivity contribution in [3.05, 3.63) is 66.9 Å². The molecule has 4 nitrogen and oxygen atoms in total. The normalized spacial score (nSPS) is 20.2. The lowest BCUT2D eigenvalue weighted by molar-refractivity contribution is 0.131. The third-order valence-corrected chi connectivity index (χ3v) is 5.00. The van der Waals surface area contributed by atoms with Gasteiger partial charge in [0.1, 0.15) is 5.82 Å². The highest BCUT2D eigenvalue weighted by Crippen LogP contribution is 2.32. The molecule has 2 aromatic carbocycles. The van der Waals surface area contributed by atoms with E-state index in [-0.39, 0.29) is 12.1 Å². The summed E-state index contributed by atoms with van der Waals surface area (Å²) in [5.41, 5.74) is 3.91. The Morgan fingerprint density at radius 2 is 1.54 bits per heavy atom. The number of hydrogen-bond donors (Lipinski definition) is 1.